The second-order valence-corrected chi connectivity index (χ2v) is 5.08. The predicted molar refractivity (Wildman–Crippen MR) is 80.2 cm³/mol. The first-order valence-electron chi connectivity index (χ1n) is 7.10. The number of ether oxygens (including phenoxy) is 1. The van der Waals surface area contributed by atoms with Gasteiger partial charge in [0, 0.05) is 19.2 Å². The van der Waals surface area contributed by atoms with Crippen molar-refractivity contribution >= 4 is 23.5 Å². The third-order valence-electron chi connectivity index (χ3n) is 3.41. The minimum Gasteiger partial charge on any atom is -0.425 e. The molecule has 2 amide bonds. The fraction of sp³-hybridized carbons (Fsp3) is 0.400. The van der Waals surface area contributed by atoms with Gasteiger partial charge in [-0.1, -0.05) is 0 Å². The maximum Gasteiger partial charge on any atom is 0.334 e. The van der Waals surface area contributed by atoms with Crippen LogP contribution in [0.3, 0.4) is 0 Å². The number of hydrogen-bond donors (Lipinski definition) is 2. The molecule has 22 heavy (non-hydrogen) atoms. The van der Waals surface area contributed by atoms with E-state index in [1.54, 1.807) is 24.3 Å². The average Bonchev–Trinajstić information content (AvgIpc) is 2.97. The number of nitrogens with zero attached hydrogens (tertiary/aromatic N) is 1. The van der Waals surface area contributed by atoms with Crippen molar-refractivity contribution in [1.29, 1.82) is 0 Å². The highest BCUT2D eigenvalue weighted by Crippen LogP contribution is 2.21. The number of anilines is 1. The molecule has 0 aliphatic carbocycles. The molecule has 7 heteroatoms. The molecule has 1 atom stereocenters. The van der Waals surface area contributed by atoms with Gasteiger partial charge < -0.3 is 20.7 Å². The van der Waals surface area contributed by atoms with Crippen molar-refractivity contribution in [2.75, 3.05) is 18.4 Å². The molecule has 0 saturated carbocycles. The van der Waals surface area contributed by atoms with Crippen LogP contribution in [0.2, 0.25) is 0 Å². The normalized spacial score (nSPS) is 17.2. The van der Waals surface area contributed by atoms with Gasteiger partial charge in [0.05, 0.1) is 6.54 Å². The van der Waals surface area contributed by atoms with Crippen LogP contribution in [0.4, 0.5) is 5.69 Å². The molecule has 118 valence electrons. The molecule has 1 aliphatic heterocycles. The number of amides is 2. The summed E-state index contributed by atoms with van der Waals surface area (Å²) in [5.74, 6) is -0.523. The first-order chi connectivity index (χ1) is 10.5. The Morgan fingerprint density at radius 1 is 1.32 bits per heavy atom. The Morgan fingerprint density at radius 3 is 2.59 bits per heavy atom. The van der Waals surface area contributed by atoms with Gasteiger partial charge in [0.2, 0.25) is 11.8 Å². The molecule has 0 unspecified atom stereocenters. The highest BCUT2D eigenvalue weighted by molar-refractivity contribution is 5.89. The summed E-state index contributed by atoms with van der Waals surface area (Å²) in [6, 6.07) is 5.88. The molecule has 0 aromatic heterocycles. The summed E-state index contributed by atoms with van der Waals surface area (Å²) in [4.78, 5) is 36.3. The number of rotatable bonds is 4. The van der Waals surface area contributed by atoms with Crippen LogP contribution in [0.5, 0.6) is 5.75 Å². The SMILES string of the molecule is CC(=O)Nc1ccc(OC(=O)[C@@H]2CCCN2C(=O)CN)cc1. The predicted octanol–water partition coefficient (Wildman–Crippen LogP) is 0.500. The molecule has 0 bridgehead atoms. The van der Waals surface area contributed by atoms with Crippen LogP contribution in [-0.2, 0) is 14.4 Å². The third-order valence-corrected chi connectivity index (χ3v) is 3.41. The van der Waals surface area contributed by atoms with Crippen molar-refractivity contribution in [3.8, 4) is 5.75 Å². The Balaban J connectivity index is 1.99. The van der Waals surface area contributed by atoms with Gasteiger partial charge in [-0.2, -0.15) is 0 Å². The Hall–Kier alpha value is -2.41. The molecular weight excluding hydrogens is 286 g/mol. The topological polar surface area (TPSA) is 102 Å². The Morgan fingerprint density at radius 2 is 2.00 bits per heavy atom. The lowest BCUT2D eigenvalue weighted by Crippen LogP contribution is -2.44. The van der Waals surface area contributed by atoms with Gasteiger partial charge in [-0.15, -0.1) is 0 Å². The monoisotopic (exact) mass is 305 g/mol. The van der Waals surface area contributed by atoms with E-state index in [9.17, 15) is 14.4 Å². The molecule has 1 aromatic carbocycles. The minimum absolute atomic E-state index is 0.116. The van der Waals surface area contributed by atoms with E-state index in [-0.39, 0.29) is 18.4 Å². The average molecular weight is 305 g/mol. The zero-order valence-electron chi connectivity index (χ0n) is 12.4. The van der Waals surface area contributed by atoms with E-state index < -0.39 is 12.0 Å². The number of likely N-dealkylation sites (tertiary alicyclic amines) is 1. The molecule has 3 N–H and O–H groups in total. The van der Waals surface area contributed by atoms with E-state index in [2.05, 4.69) is 5.32 Å². The van der Waals surface area contributed by atoms with Crippen LogP contribution in [0.25, 0.3) is 0 Å². The number of hydrogen-bond acceptors (Lipinski definition) is 5. The van der Waals surface area contributed by atoms with E-state index in [0.717, 1.165) is 6.42 Å². The minimum atomic E-state index is -0.578. The zero-order chi connectivity index (χ0) is 16.1. The summed E-state index contributed by atoms with van der Waals surface area (Å²) < 4.78 is 5.30. The standard InChI is InChI=1S/C15H19N3O4/c1-10(19)17-11-4-6-12(7-5-11)22-15(21)13-3-2-8-18(13)14(20)9-16/h4-7,13H,2-3,8-9,16H2,1H3,(H,17,19)/t13-/m0/s1. The molecule has 7 nitrogen and oxygen atoms in total. The quantitative estimate of drug-likeness (QED) is 0.623. The molecule has 1 heterocycles. The summed E-state index contributed by atoms with van der Waals surface area (Å²) in [5.41, 5.74) is 5.96. The highest BCUT2D eigenvalue weighted by atomic mass is 16.5. The summed E-state index contributed by atoms with van der Waals surface area (Å²) in [6.45, 7) is 1.82. The van der Waals surface area contributed by atoms with E-state index in [0.29, 0.717) is 24.4 Å². The summed E-state index contributed by atoms with van der Waals surface area (Å²) in [6.07, 6.45) is 1.33. The smallest absolute Gasteiger partial charge is 0.334 e. The number of nitrogens with one attached hydrogen (secondary N) is 1. The number of benzene rings is 1. The van der Waals surface area contributed by atoms with Gasteiger partial charge in [-0.25, -0.2) is 4.79 Å². The molecule has 1 aliphatic rings. The van der Waals surface area contributed by atoms with Gasteiger partial charge >= 0.3 is 5.97 Å². The first-order valence-corrected chi connectivity index (χ1v) is 7.10. The summed E-state index contributed by atoms with van der Waals surface area (Å²) >= 11 is 0. The van der Waals surface area contributed by atoms with Crippen LogP contribution in [0.1, 0.15) is 19.8 Å². The maximum atomic E-state index is 12.2. The van der Waals surface area contributed by atoms with E-state index >= 15 is 0 Å². The van der Waals surface area contributed by atoms with Crippen molar-refractivity contribution in [3.05, 3.63) is 24.3 Å². The van der Waals surface area contributed by atoms with Crippen LogP contribution in [0.15, 0.2) is 24.3 Å². The van der Waals surface area contributed by atoms with E-state index in [4.69, 9.17) is 10.5 Å². The second-order valence-electron chi connectivity index (χ2n) is 5.08. The Labute approximate surface area is 128 Å². The van der Waals surface area contributed by atoms with Crippen molar-refractivity contribution in [2.24, 2.45) is 5.73 Å². The molecule has 0 spiro atoms. The first kappa shape index (κ1) is 16.0. The number of esters is 1. The molecular formula is C15H19N3O4. The van der Waals surface area contributed by atoms with Gasteiger partial charge in [0.15, 0.2) is 0 Å². The Bertz CT molecular complexity index is 571. The van der Waals surface area contributed by atoms with Crippen LogP contribution >= 0.6 is 0 Å². The van der Waals surface area contributed by atoms with Crippen LogP contribution in [0, 0.1) is 0 Å². The lowest BCUT2D eigenvalue weighted by atomic mass is 10.2. The number of carbonyl (C=O) groups excluding carboxylic acids is 3. The van der Waals surface area contributed by atoms with E-state index in [1.807, 2.05) is 0 Å². The van der Waals surface area contributed by atoms with Crippen molar-refractivity contribution in [2.45, 2.75) is 25.8 Å². The maximum absolute atomic E-state index is 12.2. The lowest BCUT2D eigenvalue weighted by molar-refractivity contribution is -0.145. The summed E-state index contributed by atoms with van der Waals surface area (Å²) in [5, 5.41) is 2.62. The van der Waals surface area contributed by atoms with Crippen LogP contribution in [-0.4, -0.2) is 41.8 Å². The van der Waals surface area contributed by atoms with E-state index in [1.165, 1.54) is 11.8 Å². The lowest BCUT2D eigenvalue weighted by Gasteiger charge is -2.22. The zero-order valence-corrected chi connectivity index (χ0v) is 12.4. The van der Waals surface area contributed by atoms with Gasteiger partial charge in [0.25, 0.3) is 0 Å². The van der Waals surface area contributed by atoms with Gasteiger partial charge in [-0.05, 0) is 37.1 Å². The van der Waals surface area contributed by atoms with Crippen molar-refractivity contribution in [1.82, 2.24) is 4.90 Å². The van der Waals surface area contributed by atoms with Gasteiger partial charge in [0.1, 0.15) is 11.8 Å². The highest BCUT2D eigenvalue weighted by Gasteiger charge is 2.34. The van der Waals surface area contributed by atoms with Crippen molar-refractivity contribution < 1.29 is 19.1 Å². The number of nitrogens with two attached hydrogens (primary N) is 1. The molecule has 0 radical (unpaired) electrons. The Kier molecular flexibility index (Phi) is 5.11. The molecule has 2 rings (SSSR count). The van der Waals surface area contributed by atoms with Gasteiger partial charge in [-0.3, -0.25) is 9.59 Å². The number of carbonyl (C=O) groups is 3. The second kappa shape index (κ2) is 7.04. The largest absolute Gasteiger partial charge is 0.425 e. The molecule has 1 aromatic rings. The summed E-state index contributed by atoms with van der Waals surface area (Å²) in [7, 11) is 0. The fourth-order valence-electron chi connectivity index (χ4n) is 2.42. The third kappa shape index (κ3) is 3.82. The van der Waals surface area contributed by atoms with Crippen LogP contribution < -0.4 is 15.8 Å². The molecule has 1 saturated heterocycles. The fourth-order valence-corrected chi connectivity index (χ4v) is 2.42. The molecule has 1 fully saturated rings. The van der Waals surface area contributed by atoms with Crippen molar-refractivity contribution in [3.63, 3.8) is 0 Å².